The Labute approximate surface area is 188 Å². The monoisotopic (exact) mass is 446 g/mol. The van der Waals surface area contributed by atoms with E-state index in [-0.39, 0.29) is 22.4 Å². The van der Waals surface area contributed by atoms with Crippen molar-refractivity contribution in [2.75, 3.05) is 16.8 Å². The molecule has 0 bridgehead atoms. The number of nitrogens with one attached hydrogen (secondary N) is 1. The summed E-state index contributed by atoms with van der Waals surface area (Å²) in [7, 11) is 0. The molecule has 1 N–H and O–H groups in total. The molecule has 0 saturated heterocycles. The third kappa shape index (κ3) is 4.10. The first kappa shape index (κ1) is 21.9. The number of para-hydroxylation sites is 1. The molecule has 1 heterocycles. The molecule has 7 nitrogen and oxygen atoms in total. The van der Waals surface area contributed by atoms with Crippen molar-refractivity contribution in [3.63, 3.8) is 0 Å². The summed E-state index contributed by atoms with van der Waals surface area (Å²) in [6.45, 7) is 3.06. The van der Waals surface area contributed by atoms with Crippen LogP contribution in [0.2, 0.25) is 0 Å². The minimum absolute atomic E-state index is 0.0106. The highest BCUT2D eigenvalue weighted by Crippen LogP contribution is 2.32. The molecule has 0 saturated carbocycles. The summed E-state index contributed by atoms with van der Waals surface area (Å²) in [5.74, 6) is -3.22. The number of halogens is 1. The number of anilines is 2. The van der Waals surface area contributed by atoms with Gasteiger partial charge in [0.25, 0.3) is 17.7 Å². The molecular weight excluding hydrogens is 427 g/mol. The molecule has 0 spiro atoms. The summed E-state index contributed by atoms with van der Waals surface area (Å²) in [5, 5.41) is 2.31. The zero-order chi connectivity index (χ0) is 23.7. The lowest BCUT2D eigenvalue weighted by Gasteiger charge is -2.17. The first-order valence-corrected chi connectivity index (χ1v) is 10.1. The van der Waals surface area contributed by atoms with Crippen LogP contribution in [0.25, 0.3) is 0 Å². The molecule has 0 aliphatic carbocycles. The summed E-state index contributed by atoms with van der Waals surface area (Å²) < 4.78 is 18.6. The molecule has 33 heavy (non-hydrogen) atoms. The third-order valence-corrected chi connectivity index (χ3v) is 5.42. The van der Waals surface area contributed by atoms with Gasteiger partial charge in [-0.1, -0.05) is 24.3 Å². The van der Waals surface area contributed by atoms with Gasteiger partial charge in [-0.2, -0.15) is 0 Å². The molecular formula is C25H19FN2O5. The number of carbonyl (C=O) groups is 4. The second-order valence-corrected chi connectivity index (χ2v) is 7.53. The largest absolute Gasteiger partial charge is 0.452 e. The van der Waals surface area contributed by atoms with E-state index < -0.39 is 36.1 Å². The molecule has 4 rings (SSSR count). The fourth-order valence-electron chi connectivity index (χ4n) is 3.53. The number of hydrogen-bond acceptors (Lipinski definition) is 5. The van der Waals surface area contributed by atoms with Crippen LogP contribution >= 0.6 is 0 Å². The zero-order valence-electron chi connectivity index (χ0n) is 17.8. The van der Waals surface area contributed by atoms with Gasteiger partial charge >= 0.3 is 5.97 Å². The van der Waals surface area contributed by atoms with E-state index in [1.165, 1.54) is 36.4 Å². The van der Waals surface area contributed by atoms with Crippen LogP contribution in [0.5, 0.6) is 0 Å². The van der Waals surface area contributed by atoms with Crippen molar-refractivity contribution >= 4 is 35.1 Å². The zero-order valence-corrected chi connectivity index (χ0v) is 17.8. The maximum absolute atomic E-state index is 13.6. The highest BCUT2D eigenvalue weighted by atomic mass is 19.1. The molecule has 0 unspecified atom stereocenters. The van der Waals surface area contributed by atoms with E-state index >= 15 is 0 Å². The van der Waals surface area contributed by atoms with Gasteiger partial charge < -0.3 is 10.1 Å². The van der Waals surface area contributed by atoms with Crippen LogP contribution in [-0.4, -0.2) is 30.3 Å². The number of fused-ring (bicyclic) bond motifs is 1. The molecule has 1 aliphatic rings. The van der Waals surface area contributed by atoms with Crippen molar-refractivity contribution < 1.29 is 28.3 Å². The normalized spacial score (nSPS) is 12.5. The molecule has 0 fully saturated rings. The molecule has 3 aromatic rings. The van der Waals surface area contributed by atoms with Crippen LogP contribution in [-0.2, 0) is 9.53 Å². The Hall–Kier alpha value is -4.33. The quantitative estimate of drug-likeness (QED) is 0.472. The average Bonchev–Trinajstić information content (AvgIpc) is 3.05. The van der Waals surface area contributed by atoms with Gasteiger partial charge in [0.2, 0.25) is 0 Å². The number of imide groups is 1. The maximum Gasteiger partial charge on any atom is 0.338 e. The Morgan fingerprint density at radius 2 is 1.67 bits per heavy atom. The van der Waals surface area contributed by atoms with Crippen molar-refractivity contribution in [3.05, 3.63) is 94.3 Å². The van der Waals surface area contributed by atoms with Crippen molar-refractivity contribution in [2.45, 2.75) is 13.8 Å². The molecule has 3 amide bonds. The number of rotatable bonds is 5. The van der Waals surface area contributed by atoms with Crippen LogP contribution < -0.4 is 10.2 Å². The Bertz CT molecular complexity index is 1320. The second-order valence-electron chi connectivity index (χ2n) is 7.53. The lowest BCUT2D eigenvalue weighted by atomic mass is 10.1. The van der Waals surface area contributed by atoms with Crippen molar-refractivity contribution in [2.24, 2.45) is 0 Å². The van der Waals surface area contributed by atoms with E-state index in [2.05, 4.69) is 5.32 Å². The number of amides is 3. The topological polar surface area (TPSA) is 92.8 Å². The van der Waals surface area contributed by atoms with Gasteiger partial charge in [-0.05, 0) is 61.4 Å². The van der Waals surface area contributed by atoms with Crippen molar-refractivity contribution in [1.82, 2.24) is 0 Å². The van der Waals surface area contributed by atoms with E-state index in [4.69, 9.17) is 4.74 Å². The average molecular weight is 446 g/mol. The van der Waals surface area contributed by atoms with E-state index in [9.17, 15) is 23.6 Å². The number of nitrogens with zero attached hydrogens (tertiary/aromatic N) is 1. The maximum atomic E-state index is 13.6. The minimum Gasteiger partial charge on any atom is -0.452 e. The number of carbonyl (C=O) groups excluding carboxylic acids is 4. The number of hydrogen-bond donors (Lipinski definition) is 1. The Morgan fingerprint density at radius 1 is 0.939 bits per heavy atom. The molecule has 8 heteroatoms. The smallest absolute Gasteiger partial charge is 0.338 e. The van der Waals surface area contributed by atoms with Crippen LogP contribution in [0, 0.1) is 19.7 Å². The van der Waals surface area contributed by atoms with Crippen LogP contribution in [0.1, 0.15) is 42.2 Å². The van der Waals surface area contributed by atoms with Gasteiger partial charge in [0, 0.05) is 0 Å². The second kappa shape index (κ2) is 8.66. The summed E-state index contributed by atoms with van der Waals surface area (Å²) in [4.78, 5) is 51.4. The first-order valence-electron chi connectivity index (χ1n) is 10.1. The number of esters is 1. The summed E-state index contributed by atoms with van der Waals surface area (Å²) >= 11 is 0. The molecule has 1 aliphatic heterocycles. The van der Waals surface area contributed by atoms with Crippen molar-refractivity contribution in [3.8, 4) is 0 Å². The van der Waals surface area contributed by atoms with E-state index in [1.54, 1.807) is 18.2 Å². The lowest BCUT2D eigenvalue weighted by Crippen LogP contribution is -2.30. The fraction of sp³-hybridized carbons (Fsp3) is 0.120. The van der Waals surface area contributed by atoms with Crippen LogP contribution in [0.3, 0.4) is 0 Å². The van der Waals surface area contributed by atoms with Gasteiger partial charge in [-0.15, -0.1) is 0 Å². The van der Waals surface area contributed by atoms with Crippen LogP contribution in [0.4, 0.5) is 15.8 Å². The number of ether oxygens (including phenoxy) is 1. The van der Waals surface area contributed by atoms with Gasteiger partial charge in [0.05, 0.1) is 28.1 Å². The van der Waals surface area contributed by atoms with Gasteiger partial charge in [0.1, 0.15) is 5.82 Å². The Morgan fingerprint density at radius 3 is 2.42 bits per heavy atom. The van der Waals surface area contributed by atoms with E-state index in [0.717, 1.165) is 16.0 Å². The highest BCUT2D eigenvalue weighted by molar-refractivity contribution is 6.35. The SMILES string of the molecule is Cc1cccc(N2C(=O)c3ccc(C(=O)OCC(=O)Nc4ccccc4F)cc3C2=O)c1C. The molecule has 166 valence electrons. The standard InChI is InChI=1S/C25H19FN2O5/c1-14-6-5-9-21(15(14)2)28-23(30)17-11-10-16(12-18(17)24(28)31)25(32)33-13-22(29)27-20-8-4-3-7-19(20)26/h3-12H,13H2,1-2H3,(H,27,29). The van der Waals surface area contributed by atoms with Gasteiger partial charge in [-0.3, -0.25) is 14.4 Å². The Balaban J connectivity index is 1.48. The summed E-state index contributed by atoms with van der Waals surface area (Å²) in [6, 6.07) is 14.9. The van der Waals surface area contributed by atoms with E-state index in [0.29, 0.717) is 5.69 Å². The molecule has 0 radical (unpaired) electrons. The highest BCUT2D eigenvalue weighted by Gasteiger charge is 2.38. The predicted molar refractivity (Wildman–Crippen MR) is 119 cm³/mol. The molecule has 3 aromatic carbocycles. The van der Waals surface area contributed by atoms with Crippen molar-refractivity contribution in [1.29, 1.82) is 0 Å². The van der Waals surface area contributed by atoms with E-state index in [1.807, 2.05) is 19.9 Å². The van der Waals surface area contributed by atoms with Crippen LogP contribution in [0.15, 0.2) is 60.7 Å². The lowest BCUT2D eigenvalue weighted by molar-refractivity contribution is -0.119. The fourth-order valence-corrected chi connectivity index (χ4v) is 3.53. The number of aryl methyl sites for hydroxylation is 1. The minimum atomic E-state index is -0.855. The Kier molecular flexibility index (Phi) is 5.74. The summed E-state index contributed by atoms with van der Waals surface area (Å²) in [5.41, 5.74) is 2.44. The van der Waals surface area contributed by atoms with Gasteiger partial charge in [0.15, 0.2) is 6.61 Å². The number of benzene rings is 3. The van der Waals surface area contributed by atoms with Gasteiger partial charge in [-0.25, -0.2) is 14.1 Å². The predicted octanol–water partition coefficient (Wildman–Crippen LogP) is 4.04. The molecule has 0 aromatic heterocycles. The first-order chi connectivity index (χ1) is 15.8. The molecule has 0 atom stereocenters. The third-order valence-electron chi connectivity index (χ3n) is 5.42. The summed E-state index contributed by atoms with van der Waals surface area (Å²) in [6.07, 6.45) is 0.